The lowest BCUT2D eigenvalue weighted by molar-refractivity contribution is 0.331. The quantitative estimate of drug-likeness (QED) is 0.857. The lowest BCUT2D eigenvalue weighted by Gasteiger charge is -2.23. The largest absolute Gasteiger partial charge is 0.317 e. The van der Waals surface area contributed by atoms with Crippen molar-refractivity contribution in [2.75, 3.05) is 13.1 Å². The van der Waals surface area contributed by atoms with E-state index in [0.29, 0.717) is 0 Å². The summed E-state index contributed by atoms with van der Waals surface area (Å²) in [5.41, 5.74) is -0.295. The summed E-state index contributed by atoms with van der Waals surface area (Å²) >= 11 is 11.5. The first-order chi connectivity index (χ1) is 7.20. The highest BCUT2D eigenvalue weighted by molar-refractivity contribution is 6.41. The third kappa shape index (κ3) is 2.69. The average Bonchev–Trinajstić information content (AvgIpc) is 2.27. The number of hydrogen-bond donors (Lipinski definition) is 1. The molecule has 1 N–H and O–H groups in total. The Morgan fingerprint density at radius 1 is 1.38 bits per heavy atom. The normalized spacial score (nSPS) is 16.9. The molecule has 0 saturated carbocycles. The van der Waals surface area contributed by atoms with Crippen LogP contribution >= 0.6 is 35.6 Å². The molecule has 7 heteroatoms. The molecule has 1 fully saturated rings. The minimum absolute atomic E-state index is 0. The van der Waals surface area contributed by atoms with Crippen LogP contribution in [0, 0.1) is 0 Å². The number of aromatic nitrogens is 2. The summed E-state index contributed by atoms with van der Waals surface area (Å²) < 4.78 is 1.44. The Hall–Kier alpha value is -0.290. The van der Waals surface area contributed by atoms with Crippen LogP contribution in [0.2, 0.25) is 10.0 Å². The third-order valence-electron chi connectivity index (χ3n) is 2.56. The highest BCUT2D eigenvalue weighted by atomic mass is 35.5. The molecule has 1 aromatic rings. The number of nitrogens with zero attached hydrogens (tertiary/aromatic N) is 2. The molecule has 0 unspecified atom stereocenters. The van der Waals surface area contributed by atoms with E-state index in [0.717, 1.165) is 25.9 Å². The lowest BCUT2D eigenvalue weighted by atomic mass is 10.1. The Labute approximate surface area is 109 Å². The number of halogens is 3. The van der Waals surface area contributed by atoms with Crippen molar-refractivity contribution >= 4 is 35.6 Å². The predicted molar refractivity (Wildman–Crippen MR) is 66.9 cm³/mol. The van der Waals surface area contributed by atoms with Crippen molar-refractivity contribution in [1.82, 2.24) is 15.1 Å². The van der Waals surface area contributed by atoms with Crippen LogP contribution in [-0.4, -0.2) is 22.9 Å². The molecule has 1 aromatic heterocycles. The molecule has 0 amide bonds. The lowest BCUT2D eigenvalue weighted by Crippen LogP contribution is -2.35. The van der Waals surface area contributed by atoms with Gasteiger partial charge in [0.05, 0.1) is 17.3 Å². The maximum atomic E-state index is 11.8. The van der Waals surface area contributed by atoms with Gasteiger partial charge in [-0.3, -0.25) is 4.79 Å². The van der Waals surface area contributed by atoms with Crippen LogP contribution in [0.4, 0.5) is 0 Å². The molecule has 4 nitrogen and oxygen atoms in total. The Morgan fingerprint density at radius 3 is 2.62 bits per heavy atom. The fraction of sp³-hybridized carbons (Fsp3) is 0.556. The Kier molecular flexibility index (Phi) is 5.05. The van der Waals surface area contributed by atoms with Gasteiger partial charge in [-0.15, -0.1) is 12.4 Å². The molecular formula is C9H12Cl3N3O. The summed E-state index contributed by atoms with van der Waals surface area (Å²) in [7, 11) is 0. The average molecular weight is 285 g/mol. The second-order valence-corrected chi connectivity index (χ2v) is 4.32. The zero-order chi connectivity index (χ0) is 10.8. The van der Waals surface area contributed by atoms with Gasteiger partial charge in [-0.2, -0.15) is 5.10 Å². The van der Waals surface area contributed by atoms with Gasteiger partial charge in [0.1, 0.15) is 5.02 Å². The summed E-state index contributed by atoms with van der Waals surface area (Å²) in [6, 6.07) is 0.133. The van der Waals surface area contributed by atoms with Crippen LogP contribution in [0.5, 0.6) is 0 Å². The smallest absolute Gasteiger partial charge is 0.287 e. The molecule has 0 radical (unpaired) electrons. The molecule has 16 heavy (non-hydrogen) atoms. The highest BCUT2D eigenvalue weighted by Crippen LogP contribution is 2.19. The number of nitrogens with one attached hydrogen (secondary N) is 1. The standard InChI is InChI=1S/C9H11Cl2N3O.ClH/c10-7-5-13-14(9(15)8(7)11)6-1-3-12-4-2-6;/h5-6,12H,1-4H2;1H. The van der Waals surface area contributed by atoms with E-state index in [1.807, 2.05) is 0 Å². The summed E-state index contributed by atoms with van der Waals surface area (Å²) in [5.74, 6) is 0. The van der Waals surface area contributed by atoms with E-state index in [-0.39, 0.29) is 34.1 Å². The van der Waals surface area contributed by atoms with E-state index in [4.69, 9.17) is 23.2 Å². The van der Waals surface area contributed by atoms with Crippen LogP contribution in [0.25, 0.3) is 0 Å². The number of rotatable bonds is 1. The van der Waals surface area contributed by atoms with E-state index in [9.17, 15) is 4.79 Å². The second-order valence-electron chi connectivity index (χ2n) is 3.54. The van der Waals surface area contributed by atoms with Gasteiger partial charge in [0.25, 0.3) is 5.56 Å². The Balaban J connectivity index is 0.00000128. The molecular weight excluding hydrogens is 272 g/mol. The van der Waals surface area contributed by atoms with Crippen LogP contribution in [0.15, 0.2) is 11.0 Å². The minimum Gasteiger partial charge on any atom is -0.317 e. The van der Waals surface area contributed by atoms with Crippen molar-refractivity contribution in [2.45, 2.75) is 18.9 Å². The van der Waals surface area contributed by atoms with Crippen molar-refractivity contribution in [3.8, 4) is 0 Å². The summed E-state index contributed by atoms with van der Waals surface area (Å²) in [6.45, 7) is 1.80. The molecule has 0 bridgehead atoms. The SMILES string of the molecule is Cl.O=c1c(Cl)c(Cl)cnn1C1CCNCC1. The van der Waals surface area contributed by atoms with Crippen molar-refractivity contribution < 1.29 is 0 Å². The van der Waals surface area contributed by atoms with Gasteiger partial charge < -0.3 is 5.32 Å². The first kappa shape index (κ1) is 13.8. The predicted octanol–water partition coefficient (Wildman–Crippen LogP) is 1.90. The molecule has 0 aromatic carbocycles. The first-order valence-electron chi connectivity index (χ1n) is 4.83. The fourth-order valence-corrected chi connectivity index (χ4v) is 2.00. The Morgan fingerprint density at radius 2 is 2.00 bits per heavy atom. The van der Waals surface area contributed by atoms with Crippen molar-refractivity contribution in [3.63, 3.8) is 0 Å². The topological polar surface area (TPSA) is 46.9 Å². The van der Waals surface area contributed by atoms with Crippen LogP contribution in [0.3, 0.4) is 0 Å². The van der Waals surface area contributed by atoms with Crippen LogP contribution in [-0.2, 0) is 0 Å². The molecule has 2 rings (SSSR count). The fourth-order valence-electron chi connectivity index (χ4n) is 1.74. The molecule has 90 valence electrons. The van der Waals surface area contributed by atoms with E-state index >= 15 is 0 Å². The second kappa shape index (κ2) is 5.87. The van der Waals surface area contributed by atoms with E-state index in [2.05, 4.69) is 10.4 Å². The van der Waals surface area contributed by atoms with Gasteiger partial charge >= 0.3 is 0 Å². The minimum atomic E-state index is -0.295. The zero-order valence-corrected chi connectivity index (χ0v) is 10.8. The zero-order valence-electron chi connectivity index (χ0n) is 8.45. The van der Waals surface area contributed by atoms with Gasteiger partial charge in [-0.05, 0) is 25.9 Å². The van der Waals surface area contributed by atoms with E-state index in [1.165, 1.54) is 10.9 Å². The van der Waals surface area contributed by atoms with Gasteiger partial charge in [0.15, 0.2) is 0 Å². The van der Waals surface area contributed by atoms with Gasteiger partial charge in [-0.25, -0.2) is 4.68 Å². The van der Waals surface area contributed by atoms with E-state index in [1.54, 1.807) is 0 Å². The summed E-state index contributed by atoms with van der Waals surface area (Å²) in [5, 5.41) is 7.53. The van der Waals surface area contributed by atoms with Crippen molar-refractivity contribution in [1.29, 1.82) is 0 Å². The number of hydrogen-bond acceptors (Lipinski definition) is 3. The van der Waals surface area contributed by atoms with Crippen LogP contribution < -0.4 is 10.9 Å². The molecule has 0 aliphatic carbocycles. The number of piperidine rings is 1. The molecule has 1 aliphatic heterocycles. The first-order valence-corrected chi connectivity index (χ1v) is 5.59. The summed E-state index contributed by atoms with van der Waals surface area (Å²) in [6.07, 6.45) is 3.21. The Bertz CT molecular complexity index is 415. The van der Waals surface area contributed by atoms with E-state index < -0.39 is 0 Å². The van der Waals surface area contributed by atoms with Crippen molar-refractivity contribution in [2.24, 2.45) is 0 Å². The third-order valence-corrected chi connectivity index (χ3v) is 3.30. The van der Waals surface area contributed by atoms with Gasteiger partial charge in [0.2, 0.25) is 0 Å². The van der Waals surface area contributed by atoms with Crippen molar-refractivity contribution in [3.05, 3.63) is 26.6 Å². The van der Waals surface area contributed by atoms with Crippen LogP contribution in [0.1, 0.15) is 18.9 Å². The molecule has 1 saturated heterocycles. The van der Waals surface area contributed by atoms with Gasteiger partial charge in [-0.1, -0.05) is 23.2 Å². The van der Waals surface area contributed by atoms with Gasteiger partial charge in [0, 0.05) is 0 Å². The molecule has 0 spiro atoms. The molecule has 0 atom stereocenters. The highest BCUT2D eigenvalue weighted by Gasteiger charge is 2.18. The monoisotopic (exact) mass is 283 g/mol. The molecule has 1 aliphatic rings. The molecule has 2 heterocycles. The maximum absolute atomic E-state index is 11.8. The maximum Gasteiger partial charge on any atom is 0.287 e. The summed E-state index contributed by atoms with van der Waals surface area (Å²) in [4.78, 5) is 11.8.